The van der Waals surface area contributed by atoms with Crippen LogP contribution in [0.2, 0.25) is 0 Å². The van der Waals surface area contributed by atoms with Crippen LogP contribution in [-0.4, -0.2) is 54.5 Å². The highest BCUT2D eigenvalue weighted by Gasteiger charge is 2.29. The molecule has 1 heterocycles. The van der Waals surface area contributed by atoms with Gasteiger partial charge < -0.3 is 20.5 Å². The maximum absolute atomic E-state index is 12.3. The first-order valence-electron chi connectivity index (χ1n) is 8.08. The predicted octanol–water partition coefficient (Wildman–Crippen LogP) is 0.318. The van der Waals surface area contributed by atoms with E-state index in [1.807, 2.05) is 30.3 Å². The first-order chi connectivity index (χ1) is 12.1. The molecule has 0 saturated carbocycles. The van der Waals surface area contributed by atoms with E-state index in [1.165, 1.54) is 0 Å². The number of hydrogen-bond acceptors (Lipinski definition) is 5. The summed E-state index contributed by atoms with van der Waals surface area (Å²) in [5, 5.41) is 14.3. The number of nitrogens with one attached hydrogen (secondary N) is 2. The number of benzene rings is 1. The number of unbranched alkanes of at least 4 members (excludes halogenated alkanes) is 1. The molecule has 1 aromatic rings. The summed E-state index contributed by atoms with van der Waals surface area (Å²) in [6.45, 7) is 0.566. The van der Waals surface area contributed by atoms with Gasteiger partial charge in [0, 0.05) is 12.1 Å². The van der Waals surface area contributed by atoms with Gasteiger partial charge in [-0.1, -0.05) is 18.2 Å². The molecule has 0 aromatic heterocycles. The number of carbonyl (C=O) groups is 3. The standard InChI is InChI=1S/C17H21N3O5/c21-11-18-9-5-4-8-13(17(23)24)19-15(22)14-10-25-16(20-14)12-6-2-1-3-7-12/h1-3,6-7,11,13-14H,4-5,8-10H2,(H,18,21)(H,19,22)(H,23,24)/t13-,14-/m1/s1. The number of carboxylic acids is 1. The molecule has 0 fully saturated rings. The smallest absolute Gasteiger partial charge is 0.326 e. The van der Waals surface area contributed by atoms with Gasteiger partial charge in [-0.3, -0.25) is 9.59 Å². The number of ether oxygens (including phenoxy) is 1. The van der Waals surface area contributed by atoms with Crippen LogP contribution in [0.4, 0.5) is 0 Å². The van der Waals surface area contributed by atoms with E-state index < -0.39 is 24.0 Å². The zero-order valence-corrected chi connectivity index (χ0v) is 13.7. The topological polar surface area (TPSA) is 117 Å². The van der Waals surface area contributed by atoms with E-state index in [2.05, 4.69) is 15.6 Å². The molecule has 2 atom stereocenters. The van der Waals surface area contributed by atoms with Crippen LogP contribution < -0.4 is 10.6 Å². The van der Waals surface area contributed by atoms with Crippen LogP contribution in [0.5, 0.6) is 0 Å². The van der Waals surface area contributed by atoms with E-state index in [4.69, 9.17) is 4.74 Å². The maximum atomic E-state index is 12.3. The van der Waals surface area contributed by atoms with Crippen molar-refractivity contribution in [1.82, 2.24) is 10.6 Å². The average molecular weight is 347 g/mol. The zero-order valence-electron chi connectivity index (χ0n) is 13.7. The number of amides is 2. The molecular weight excluding hydrogens is 326 g/mol. The monoisotopic (exact) mass is 347 g/mol. The SMILES string of the molecule is O=CNCCCC[C@@H](NC(=O)[C@H]1COC(c2ccccc2)=N1)C(=O)O. The van der Waals surface area contributed by atoms with Gasteiger partial charge in [0.25, 0.3) is 0 Å². The molecule has 8 heteroatoms. The molecule has 8 nitrogen and oxygen atoms in total. The van der Waals surface area contributed by atoms with Crippen LogP contribution >= 0.6 is 0 Å². The van der Waals surface area contributed by atoms with Crippen molar-refractivity contribution in [1.29, 1.82) is 0 Å². The van der Waals surface area contributed by atoms with Crippen molar-refractivity contribution in [2.45, 2.75) is 31.3 Å². The second-order valence-corrected chi connectivity index (χ2v) is 5.59. The Labute approximate surface area is 145 Å². The second kappa shape index (κ2) is 9.41. The molecule has 0 spiro atoms. The van der Waals surface area contributed by atoms with E-state index in [0.29, 0.717) is 31.7 Å². The van der Waals surface area contributed by atoms with Crippen LogP contribution in [0.15, 0.2) is 35.3 Å². The molecule has 25 heavy (non-hydrogen) atoms. The Kier molecular flexibility index (Phi) is 6.94. The van der Waals surface area contributed by atoms with Crippen molar-refractivity contribution in [3.8, 4) is 0 Å². The molecular formula is C17H21N3O5. The minimum absolute atomic E-state index is 0.0889. The van der Waals surface area contributed by atoms with Gasteiger partial charge in [0.1, 0.15) is 12.6 Å². The molecule has 1 aliphatic heterocycles. The zero-order chi connectivity index (χ0) is 18.1. The molecule has 2 amide bonds. The number of aliphatic carboxylic acids is 1. The van der Waals surface area contributed by atoms with Gasteiger partial charge in [0.05, 0.1) is 0 Å². The quantitative estimate of drug-likeness (QED) is 0.416. The number of aliphatic imine (C=N–C) groups is 1. The van der Waals surface area contributed by atoms with Crippen molar-refractivity contribution >= 4 is 24.2 Å². The Morgan fingerprint density at radius 3 is 2.76 bits per heavy atom. The molecule has 1 aromatic carbocycles. The average Bonchev–Trinajstić information content (AvgIpc) is 3.11. The highest BCUT2D eigenvalue weighted by molar-refractivity contribution is 5.98. The Hall–Kier alpha value is -2.90. The Morgan fingerprint density at radius 2 is 2.08 bits per heavy atom. The van der Waals surface area contributed by atoms with E-state index >= 15 is 0 Å². The normalized spacial score (nSPS) is 17.1. The summed E-state index contributed by atoms with van der Waals surface area (Å²) in [5.74, 6) is -1.18. The maximum Gasteiger partial charge on any atom is 0.326 e. The summed E-state index contributed by atoms with van der Waals surface area (Å²) in [7, 11) is 0. The van der Waals surface area contributed by atoms with E-state index in [1.54, 1.807) is 0 Å². The van der Waals surface area contributed by atoms with Gasteiger partial charge >= 0.3 is 5.97 Å². The molecule has 1 aliphatic rings. The highest BCUT2D eigenvalue weighted by Crippen LogP contribution is 2.12. The fourth-order valence-corrected chi connectivity index (χ4v) is 2.41. The lowest BCUT2D eigenvalue weighted by Crippen LogP contribution is -2.45. The van der Waals surface area contributed by atoms with Crippen molar-refractivity contribution in [2.75, 3.05) is 13.2 Å². The molecule has 2 rings (SSSR count). The summed E-state index contributed by atoms with van der Waals surface area (Å²) < 4.78 is 5.44. The van der Waals surface area contributed by atoms with Gasteiger partial charge in [-0.15, -0.1) is 0 Å². The summed E-state index contributed by atoms with van der Waals surface area (Å²) in [6, 6.07) is 7.46. The molecule has 0 bridgehead atoms. The Balaban J connectivity index is 1.87. The molecule has 134 valence electrons. The second-order valence-electron chi connectivity index (χ2n) is 5.59. The molecule has 0 radical (unpaired) electrons. The fourth-order valence-electron chi connectivity index (χ4n) is 2.41. The number of hydrogen-bond donors (Lipinski definition) is 3. The lowest BCUT2D eigenvalue weighted by atomic mass is 10.1. The predicted molar refractivity (Wildman–Crippen MR) is 90.2 cm³/mol. The summed E-state index contributed by atoms with van der Waals surface area (Å²) in [5.41, 5.74) is 0.773. The van der Waals surface area contributed by atoms with Crippen LogP contribution in [0.3, 0.4) is 0 Å². The lowest BCUT2D eigenvalue weighted by Gasteiger charge is -2.15. The Morgan fingerprint density at radius 1 is 1.32 bits per heavy atom. The van der Waals surface area contributed by atoms with Crippen molar-refractivity contribution in [3.05, 3.63) is 35.9 Å². The van der Waals surface area contributed by atoms with Crippen LogP contribution in [0.25, 0.3) is 0 Å². The van der Waals surface area contributed by atoms with Crippen LogP contribution in [-0.2, 0) is 19.1 Å². The molecule has 3 N–H and O–H groups in total. The summed E-state index contributed by atoms with van der Waals surface area (Å²) in [4.78, 5) is 37.9. The third kappa shape index (κ3) is 5.59. The van der Waals surface area contributed by atoms with E-state index in [-0.39, 0.29) is 13.0 Å². The number of carbonyl (C=O) groups excluding carboxylic acids is 2. The molecule has 0 saturated heterocycles. The Bertz CT molecular complexity index is 632. The van der Waals surface area contributed by atoms with E-state index in [9.17, 15) is 19.5 Å². The van der Waals surface area contributed by atoms with Crippen LogP contribution in [0.1, 0.15) is 24.8 Å². The first-order valence-corrected chi connectivity index (χ1v) is 8.08. The van der Waals surface area contributed by atoms with Gasteiger partial charge in [-0.25, -0.2) is 9.79 Å². The largest absolute Gasteiger partial charge is 0.480 e. The molecule has 0 aliphatic carbocycles. The van der Waals surface area contributed by atoms with Gasteiger partial charge in [0.2, 0.25) is 18.2 Å². The van der Waals surface area contributed by atoms with E-state index in [0.717, 1.165) is 5.56 Å². The molecule has 0 unspecified atom stereocenters. The lowest BCUT2D eigenvalue weighted by molar-refractivity contribution is -0.142. The summed E-state index contributed by atoms with van der Waals surface area (Å²) >= 11 is 0. The fraction of sp³-hybridized carbons (Fsp3) is 0.412. The van der Waals surface area contributed by atoms with Crippen LogP contribution in [0, 0.1) is 0 Å². The van der Waals surface area contributed by atoms with Gasteiger partial charge in [-0.05, 0) is 31.4 Å². The van der Waals surface area contributed by atoms with Gasteiger partial charge in [0.15, 0.2) is 6.04 Å². The van der Waals surface area contributed by atoms with Crippen molar-refractivity contribution in [3.63, 3.8) is 0 Å². The third-order valence-corrected chi connectivity index (χ3v) is 3.74. The summed E-state index contributed by atoms with van der Waals surface area (Å²) in [6.07, 6.45) is 2.09. The van der Waals surface area contributed by atoms with Gasteiger partial charge in [-0.2, -0.15) is 0 Å². The highest BCUT2D eigenvalue weighted by atomic mass is 16.5. The number of nitrogens with zero attached hydrogens (tertiary/aromatic N) is 1. The van der Waals surface area contributed by atoms with Crippen molar-refractivity contribution < 1.29 is 24.2 Å². The van der Waals surface area contributed by atoms with Crippen molar-refractivity contribution in [2.24, 2.45) is 4.99 Å². The number of carboxylic acid groups (broad SMARTS) is 1. The number of rotatable bonds is 10. The minimum atomic E-state index is -1.09. The third-order valence-electron chi connectivity index (χ3n) is 3.74. The first kappa shape index (κ1) is 18.4. The minimum Gasteiger partial charge on any atom is -0.480 e.